The van der Waals surface area contributed by atoms with E-state index in [4.69, 9.17) is 14.2 Å². The van der Waals surface area contributed by atoms with Crippen molar-refractivity contribution < 1.29 is 19.0 Å². The zero-order valence-corrected chi connectivity index (χ0v) is 13.6. The summed E-state index contributed by atoms with van der Waals surface area (Å²) in [5, 5.41) is 0. The fourth-order valence-electron chi connectivity index (χ4n) is 2.76. The largest absolute Gasteiger partial charge is 0.486 e. The highest BCUT2D eigenvalue weighted by Crippen LogP contribution is 2.31. The van der Waals surface area contributed by atoms with Gasteiger partial charge in [-0.1, -0.05) is 36.4 Å². The monoisotopic (exact) mass is 335 g/mol. The van der Waals surface area contributed by atoms with Gasteiger partial charge in [0, 0.05) is 6.42 Å². The second-order valence-corrected chi connectivity index (χ2v) is 5.81. The maximum absolute atomic E-state index is 12.0. The van der Waals surface area contributed by atoms with Gasteiger partial charge in [0.05, 0.1) is 0 Å². The third-order valence-corrected chi connectivity index (χ3v) is 4.00. The molecule has 4 rings (SSSR count). The molecule has 0 N–H and O–H groups in total. The summed E-state index contributed by atoms with van der Waals surface area (Å²) in [5.74, 6) is 1.44. The Morgan fingerprint density at radius 2 is 1.76 bits per heavy atom. The average Bonchev–Trinajstić information content (AvgIpc) is 3.00. The number of fused-ring (bicyclic) bond motifs is 1. The molecule has 2 aromatic carbocycles. The van der Waals surface area contributed by atoms with Crippen LogP contribution in [0.15, 0.2) is 59.2 Å². The van der Waals surface area contributed by atoms with Gasteiger partial charge in [0.2, 0.25) is 0 Å². The minimum atomic E-state index is -0.419. The van der Waals surface area contributed by atoms with Crippen molar-refractivity contribution in [3.8, 4) is 11.5 Å². The Balaban J connectivity index is 1.49. The topological polar surface area (TPSA) is 57.1 Å². The van der Waals surface area contributed by atoms with E-state index in [9.17, 15) is 4.79 Å². The summed E-state index contributed by atoms with van der Waals surface area (Å²) in [5.41, 5.74) is 2.31. The molecule has 0 amide bonds. The number of carbonyl (C=O) groups excluding carboxylic acids is 1. The number of esters is 1. The number of carbonyl (C=O) groups is 1. The molecule has 2 aromatic rings. The maximum atomic E-state index is 12.0. The van der Waals surface area contributed by atoms with Gasteiger partial charge >= 0.3 is 5.97 Å². The van der Waals surface area contributed by atoms with Crippen molar-refractivity contribution >= 4 is 17.9 Å². The van der Waals surface area contributed by atoms with Gasteiger partial charge in [0.25, 0.3) is 0 Å². The van der Waals surface area contributed by atoms with Crippen LogP contribution in [0.3, 0.4) is 0 Å². The van der Waals surface area contributed by atoms with Crippen LogP contribution < -0.4 is 9.47 Å². The molecule has 2 aliphatic heterocycles. The molecule has 0 spiro atoms. The number of aliphatic imine (C=N–C) groups is 1. The fraction of sp³-hybridized carbons (Fsp3) is 0.200. The van der Waals surface area contributed by atoms with E-state index < -0.39 is 5.97 Å². The number of benzene rings is 2. The summed E-state index contributed by atoms with van der Waals surface area (Å²) in [7, 11) is 0. The molecule has 0 atom stereocenters. The summed E-state index contributed by atoms with van der Waals surface area (Å²) in [6.45, 7) is 1.08. The normalized spacial score (nSPS) is 17.4. The molecule has 2 aliphatic rings. The Morgan fingerprint density at radius 1 is 0.960 bits per heavy atom. The molecule has 0 bridgehead atoms. The quantitative estimate of drug-likeness (QED) is 0.635. The summed E-state index contributed by atoms with van der Waals surface area (Å²) < 4.78 is 16.3. The molecule has 126 valence electrons. The van der Waals surface area contributed by atoms with Crippen LogP contribution >= 0.6 is 0 Å². The van der Waals surface area contributed by atoms with Crippen LogP contribution in [0.5, 0.6) is 11.5 Å². The molecule has 5 heteroatoms. The van der Waals surface area contributed by atoms with Gasteiger partial charge in [-0.15, -0.1) is 0 Å². The van der Waals surface area contributed by atoms with E-state index in [1.165, 1.54) is 5.56 Å². The second kappa shape index (κ2) is 6.81. The van der Waals surface area contributed by atoms with Crippen molar-refractivity contribution in [1.82, 2.24) is 0 Å². The number of cyclic esters (lactones) is 1. The first-order valence-electron chi connectivity index (χ1n) is 8.23. The zero-order valence-electron chi connectivity index (χ0n) is 13.6. The predicted octanol–water partition coefficient (Wildman–Crippen LogP) is 3.39. The van der Waals surface area contributed by atoms with E-state index in [1.54, 1.807) is 6.08 Å². The van der Waals surface area contributed by atoms with Gasteiger partial charge in [-0.2, -0.15) is 0 Å². The standard InChI is InChI=1S/C20H17NO4/c22-20-16(12-15-6-8-17-18(13-15)24-11-10-23-17)21-19(25-20)9-7-14-4-2-1-3-5-14/h1-6,8,12-13H,7,9-11H2/b16-12+. The van der Waals surface area contributed by atoms with Crippen molar-refractivity contribution in [2.24, 2.45) is 4.99 Å². The van der Waals surface area contributed by atoms with Crippen LogP contribution in [-0.2, 0) is 16.0 Å². The van der Waals surface area contributed by atoms with Crippen LogP contribution in [-0.4, -0.2) is 25.1 Å². The van der Waals surface area contributed by atoms with Gasteiger partial charge in [-0.3, -0.25) is 0 Å². The number of nitrogens with zero attached hydrogens (tertiary/aromatic N) is 1. The van der Waals surface area contributed by atoms with E-state index in [0.29, 0.717) is 37.0 Å². The van der Waals surface area contributed by atoms with Gasteiger partial charge in [0.15, 0.2) is 23.1 Å². The predicted molar refractivity (Wildman–Crippen MR) is 93.7 cm³/mol. The SMILES string of the molecule is O=C1OC(CCc2ccccc2)=N/C1=C/c1ccc2c(c1)OCCO2. The van der Waals surface area contributed by atoms with Crippen molar-refractivity contribution in [3.63, 3.8) is 0 Å². The molecular weight excluding hydrogens is 318 g/mol. The van der Waals surface area contributed by atoms with E-state index >= 15 is 0 Å². The lowest BCUT2D eigenvalue weighted by atomic mass is 10.1. The molecule has 0 aromatic heterocycles. The van der Waals surface area contributed by atoms with Crippen molar-refractivity contribution in [1.29, 1.82) is 0 Å². The number of aryl methyl sites for hydroxylation is 1. The van der Waals surface area contributed by atoms with Crippen molar-refractivity contribution in [2.45, 2.75) is 12.8 Å². The van der Waals surface area contributed by atoms with Crippen LogP contribution in [0.4, 0.5) is 0 Å². The number of hydrogen-bond acceptors (Lipinski definition) is 5. The molecular formula is C20H17NO4. The van der Waals surface area contributed by atoms with Crippen LogP contribution in [0.1, 0.15) is 17.5 Å². The summed E-state index contributed by atoms with van der Waals surface area (Å²) >= 11 is 0. The zero-order chi connectivity index (χ0) is 17.1. The summed E-state index contributed by atoms with van der Waals surface area (Å²) in [4.78, 5) is 16.4. The molecule has 0 radical (unpaired) electrons. The molecule has 0 saturated heterocycles. The smallest absolute Gasteiger partial charge is 0.363 e. The fourth-order valence-corrected chi connectivity index (χ4v) is 2.76. The van der Waals surface area contributed by atoms with E-state index in [1.807, 2.05) is 48.5 Å². The van der Waals surface area contributed by atoms with Gasteiger partial charge in [0.1, 0.15) is 13.2 Å². The van der Waals surface area contributed by atoms with E-state index in [-0.39, 0.29) is 0 Å². The Kier molecular flexibility index (Phi) is 4.21. The Bertz CT molecular complexity index is 855. The van der Waals surface area contributed by atoms with E-state index in [2.05, 4.69) is 4.99 Å². The Hall–Kier alpha value is -3.08. The van der Waals surface area contributed by atoms with Gasteiger partial charge in [-0.25, -0.2) is 9.79 Å². The number of ether oxygens (including phenoxy) is 3. The van der Waals surface area contributed by atoms with Gasteiger partial charge in [-0.05, 0) is 35.8 Å². The summed E-state index contributed by atoms with van der Waals surface area (Å²) in [6, 6.07) is 15.6. The average molecular weight is 335 g/mol. The molecule has 25 heavy (non-hydrogen) atoms. The van der Waals surface area contributed by atoms with Crippen molar-refractivity contribution in [2.75, 3.05) is 13.2 Å². The third-order valence-electron chi connectivity index (χ3n) is 4.00. The summed E-state index contributed by atoms with van der Waals surface area (Å²) in [6.07, 6.45) is 3.08. The highest BCUT2D eigenvalue weighted by atomic mass is 16.6. The lowest BCUT2D eigenvalue weighted by Gasteiger charge is -2.18. The van der Waals surface area contributed by atoms with Crippen LogP contribution in [0.25, 0.3) is 6.08 Å². The molecule has 0 saturated carbocycles. The molecule has 5 nitrogen and oxygen atoms in total. The third kappa shape index (κ3) is 3.55. The first-order chi connectivity index (χ1) is 12.3. The first-order valence-corrected chi connectivity index (χ1v) is 8.23. The highest BCUT2D eigenvalue weighted by Gasteiger charge is 2.23. The number of hydrogen-bond donors (Lipinski definition) is 0. The number of rotatable bonds is 4. The molecule has 0 aliphatic carbocycles. The minimum Gasteiger partial charge on any atom is -0.486 e. The molecule has 0 unspecified atom stereocenters. The highest BCUT2D eigenvalue weighted by molar-refractivity contribution is 6.07. The Labute approximate surface area is 145 Å². The van der Waals surface area contributed by atoms with Crippen molar-refractivity contribution in [3.05, 3.63) is 65.4 Å². The van der Waals surface area contributed by atoms with Gasteiger partial charge < -0.3 is 14.2 Å². The first kappa shape index (κ1) is 15.4. The van der Waals surface area contributed by atoms with Crippen LogP contribution in [0, 0.1) is 0 Å². The molecule has 0 fully saturated rings. The maximum Gasteiger partial charge on any atom is 0.363 e. The minimum absolute atomic E-state index is 0.305. The van der Waals surface area contributed by atoms with Crippen LogP contribution in [0.2, 0.25) is 0 Å². The lowest BCUT2D eigenvalue weighted by molar-refractivity contribution is -0.130. The lowest BCUT2D eigenvalue weighted by Crippen LogP contribution is -2.15. The Morgan fingerprint density at radius 3 is 2.60 bits per heavy atom. The van der Waals surface area contributed by atoms with E-state index in [0.717, 1.165) is 17.7 Å². The second-order valence-electron chi connectivity index (χ2n) is 5.81. The molecule has 2 heterocycles.